The molecule has 2 aliphatic carbocycles. The third-order valence-corrected chi connectivity index (χ3v) is 6.47. The van der Waals surface area contributed by atoms with Crippen LogP contribution in [0.15, 0.2) is 12.1 Å². The molecule has 0 radical (unpaired) electrons. The van der Waals surface area contributed by atoms with Gasteiger partial charge in [-0.25, -0.2) is 14.5 Å². The van der Waals surface area contributed by atoms with Crippen LogP contribution in [0.2, 0.25) is 0 Å². The van der Waals surface area contributed by atoms with E-state index in [9.17, 15) is 4.79 Å². The van der Waals surface area contributed by atoms with E-state index in [1.807, 2.05) is 19.1 Å². The Bertz CT molecular complexity index is 903. The number of carbonyl (C=O) groups excluding carboxylic acids is 1. The average Bonchev–Trinajstić information content (AvgIpc) is 3.11. The molecule has 0 unspecified atom stereocenters. The van der Waals surface area contributed by atoms with E-state index in [4.69, 9.17) is 14.5 Å². The molecule has 2 saturated carbocycles. The van der Waals surface area contributed by atoms with Crippen LogP contribution in [0.3, 0.4) is 0 Å². The molecule has 0 bridgehead atoms. The van der Waals surface area contributed by atoms with Crippen molar-refractivity contribution in [3.8, 4) is 17.1 Å². The van der Waals surface area contributed by atoms with Gasteiger partial charge < -0.3 is 14.4 Å². The van der Waals surface area contributed by atoms with Crippen LogP contribution in [0.1, 0.15) is 62.8 Å². The van der Waals surface area contributed by atoms with Crippen molar-refractivity contribution in [3.63, 3.8) is 0 Å². The monoisotopic (exact) mass is 427 g/mol. The number of hydrogen-bond acceptors (Lipinski definition) is 6. The fourth-order valence-corrected chi connectivity index (χ4v) is 4.28. The molecule has 2 fully saturated rings. The SMILES string of the molecule is Cc1nc(-c2nnn(C)c2COC(=O)N(C)CC2CCC2)ccc1OC1CCCCC1. The molecule has 0 N–H and O–H groups in total. The molecule has 0 saturated heterocycles. The Morgan fingerprint density at radius 2 is 1.94 bits per heavy atom. The molecule has 0 aromatic carbocycles. The lowest BCUT2D eigenvalue weighted by Crippen LogP contribution is -2.34. The first kappa shape index (κ1) is 21.6. The van der Waals surface area contributed by atoms with Crippen LogP contribution in [0.25, 0.3) is 11.4 Å². The maximum Gasteiger partial charge on any atom is 0.409 e. The predicted molar refractivity (Wildman–Crippen MR) is 117 cm³/mol. The summed E-state index contributed by atoms with van der Waals surface area (Å²) in [5.41, 5.74) is 2.88. The number of hydrogen-bond donors (Lipinski definition) is 0. The van der Waals surface area contributed by atoms with Gasteiger partial charge in [-0.15, -0.1) is 5.10 Å². The Morgan fingerprint density at radius 3 is 2.61 bits per heavy atom. The van der Waals surface area contributed by atoms with Crippen LogP contribution >= 0.6 is 0 Å². The van der Waals surface area contributed by atoms with Gasteiger partial charge in [0.15, 0.2) is 0 Å². The summed E-state index contributed by atoms with van der Waals surface area (Å²) in [7, 11) is 3.59. The molecular weight excluding hydrogens is 394 g/mol. The van der Waals surface area contributed by atoms with E-state index in [0.29, 0.717) is 17.3 Å². The van der Waals surface area contributed by atoms with Gasteiger partial charge in [0.1, 0.15) is 23.7 Å². The summed E-state index contributed by atoms with van der Waals surface area (Å²) >= 11 is 0. The molecule has 4 rings (SSSR count). The van der Waals surface area contributed by atoms with Gasteiger partial charge in [-0.1, -0.05) is 18.1 Å². The minimum Gasteiger partial charge on any atom is -0.489 e. The van der Waals surface area contributed by atoms with Crippen LogP contribution in [0.4, 0.5) is 4.79 Å². The highest BCUT2D eigenvalue weighted by Gasteiger charge is 2.23. The molecule has 0 aliphatic heterocycles. The van der Waals surface area contributed by atoms with Gasteiger partial charge in [-0.05, 0) is 63.5 Å². The zero-order valence-corrected chi connectivity index (χ0v) is 18.8. The van der Waals surface area contributed by atoms with Crippen LogP contribution in [-0.4, -0.2) is 50.7 Å². The van der Waals surface area contributed by atoms with Crippen molar-refractivity contribution in [1.29, 1.82) is 0 Å². The fourth-order valence-electron chi connectivity index (χ4n) is 4.28. The predicted octanol–water partition coefficient (Wildman–Crippen LogP) is 4.27. The minimum atomic E-state index is -0.320. The van der Waals surface area contributed by atoms with E-state index < -0.39 is 0 Å². The number of aryl methyl sites for hydroxylation is 2. The number of pyridine rings is 1. The number of rotatable bonds is 7. The molecular formula is C23H33N5O3. The van der Waals surface area contributed by atoms with Gasteiger partial charge in [0.25, 0.3) is 0 Å². The van der Waals surface area contributed by atoms with E-state index in [2.05, 4.69) is 10.3 Å². The maximum atomic E-state index is 12.4. The summed E-state index contributed by atoms with van der Waals surface area (Å²) in [5.74, 6) is 1.43. The largest absolute Gasteiger partial charge is 0.489 e. The minimum absolute atomic E-state index is 0.105. The van der Waals surface area contributed by atoms with E-state index in [0.717, 1.165) is 36.5 Å². The van der Waals surface area contributed by atoms with Crippen molar-refractivity contribution < 1.29 is 14.3 Å². The quantitative estimate of drug-likeness (QED) is 0.656. The molecule has 0 atom stereocenters. The number of aromatic nitrogens is 4. The van der Waals surface area contributed by atoms with Gasteiger partial charge in [0.2, 0.25) is 0 Å². The van der Waals surface area contributed by atoms with E-state index in [1.54, 1.807) is 23.7 Å². The van der Waals surface area contributed by atoms with Crippen LogP contribution in [0, 0.1) is 12.8 Å². The van der Waals surface area contributed by atoms with Crippen molar-refractivity contribution in [2.24, 2.45) is 13.0 Å². The molecule has 2 aromatic rings. The number of carbonyl (C=O) groups is 1. The van der Waals surface area contributed by atoms with Gasteiger partial charge in [0, 0.05) is 20.6 Å². The highest BCUT2D eigenvalue weighted by atomic mass is 16.6. The summed E-state index contributed by atoms with van der Waals surface area (Å²) < 4.78 is 13.4. The zero-order valence-electron chi connectivity index (χ0n) is 18.8. The summed E-state index contributed by atoms with van der Waals surface area (Å²) in [5, 5.41) is 8.39. The zero-order chi connectivity index (χ0) is 21.8. The molecule has 168 valence electrons. The Kier molecular flexibility index (Phi) is 6.73. The first-order valence-electron chi connectivity index (χ1n) is 11.4. The molecule has 2 aromatic heterocycles. The van der Waals surface area contributed by atoms with Crippen molar-refractivity contribution in [2.75, 3.05) is 13.6 Å². The van der Waals surface area contributed by atoms with Crippen LogP contribution in [0.5, 0.6) is 5.75 Å². The van der Waals surface area contributed by atoms with Crippen LogP contribution < -0.4 is 4.74 Å². The second kappa shape index (κ2) is 9.66. The third kappa shape index (κ3) is 5.17. The highest BCUT2D eigenvalue weighted by molar-refractivity contribution is 5.67. The van der Waals surface area contributed by atoms with Crippen LogP contribution in [-0.2, 0) is 18.4 Å². The van der Waals surface area contributed by atoms with Gasteiger partial charge in [-0.2, -0.15) is 0 Å². The van der Waals surface area contributed by atoms with E-state index >= 15 is 0 Å². The summed E-state index contributed by atoms with van der Waals surface area (Å²) in [6.07, 6.45) is 9.58. The lowest BCUT2D eigenvalue weighted by atomic mass is 9.85. The third-order valence-electron chi connectivity index (χ3n) is 6.47. The molecule has 2 aliphatic rings. The standard InChI is InChI=1S/C23H33N5O3/c1-16-21(31-18-10-5-4-6-11-18)13-12-19(24-16)22-20(28(3)26-25-22)15-30-23(29)27(2)14-17-8-7-9-17/h12-13,17-18H,4-11,14-15H2,1-3H3. The van der Waals surface area contributed by atoms with Crippen molar-refractivity contribution in [2.45, 2.75) is 71.0 Å². The summed E-state index contributed by atoms with van der Waals surface area (Å²) in [6, 6.07) is 3.87. The summed E-state index contributed by atoms with van der Waals surface area (Å²) in [6.45, 7) is 2.80. The summed E-state index contributed by atoms with van der Waals surface area (Å²) in [4.78, 5) is 18.8. The van der Waals surface area contributed by atoms with E-state index in [1.165, 1.54) is 38.5 Å². The molecule has 31 heavy (non-hydrogen) atoms. The Labute approximate surface area is 183 Å². The highest BCUT2D eigenvalue weighted by Crippen LogP contribution is 2.29. The molecule has 8 nitrogen and oxygen atoms in total. The second-order valence-corrected chi connectivity index (χ2v) is 8.90. The Morgan fingerprint density at radius 1 is 1.16 bits per heavy atom. The number of ether oxygens (including phenoxy) is 2. The van der Waals surface area contributed by atoms with E-state index in [-0.39, 0.29) is 18.8 Å². The van der Waals surface area contributed by atoms with Crippen molar-refractivity contribution in [3.05, 3.63) is 23.5 Å². The molecule has 0 spiro atoms. The smallest absolute Gasteiger partial charge is 0.409 e. The second-order valence-electron chi connectivity index (χ2n) is 8.90. The van der Waals surface area contributed by atoms with Crippen molar-refractivity contribution in [1.82, 2.24) is 24.9 Å². The molecule has 2 heterocycles. The number of amides is 1. The van der Waals surface area contributed by atoms with Crippen molar-refractivity contribution >= 4 is 6.09 Å². The normalized spacial score (nSPS) is 17.3. The lowest BCUT2D eigenvalue weighted by Gasteiger charge is -2.29. The lowest BCUT2D eigenvalue weighted by molar-refractivity contribution is 0.0913. The van der Waals surface area contributed by atoms with Gasteiger partial charge >= 0.3 is 6.09 Å². The first-order chi connectivity index (χ1) is 15.0. The maximum absolute atomic E-state index is 12.4. The van der Waals surface area contributed by atoms with Gasteiger partial charge in [-0.3, -0.25) is 0 Å². The Hall–Kier alpha value is -2.64. The molecule has 1 amide bonds. The van der Waals surface area contributed by atoms with Gasteiger partial charge in [0.05, 0.1) is 17.5 Å². The number of nitrogens with zero attached hydrogens (tertiary/aromatic N) is 5. The average molecular weight is 428 g/mol. The Balaban J connectivity index is 1.41. The molecule has 8 heteroatoms. The fraction of sp³-hybridized carbons (Fsp3) is 0.652. The topological polar surface area (TPSA) is 82.4 Å². The first-order valence-corrected chi connectivity index (χ1v) is 11.4.